The first kappa shape index (κ1) is 14.8. The number of carbonyl (C=O) groups is 1. The van der Waals surface area contributed by atoms with Crippen molar-refractivity contribution >= 4 is 6.09 Å². The van der Waals surface area contributed by atoms with Crippen LogP contribution in [0.15, 0.2) is 12.4 Å². The summed E-state index contributed by atoms with van der Waals surface area (Å²) in [6.07, 6.45) is 5.98. The van der Waals surface area contributed by atoms with E-state index < -0.39 is 11.7 Å². The van der Waals surface area contributed by atoms with E-state index in [1.807, 2.05) is 20.8 Å². The van der Waals surface area contributed by atoms with Crippen LogP contribution in [0.1, 0.15) is 70.3 Å². The third-order valence-electron chi connectivity index (χ3n) is 3.37. The largest absolute Gasteiger partial charge is 0.444 e. The number of hydrogen-bond acceptors (Lipinski definition) is 4. The number of fused-ring (bicyclic) bond motifs is 1. The van der Waals surface area contributed by atoms with E-state index >= 15 is 0 Å². The standard InChI is InChI=1S/C15H23N3O2/c1-10-6-5-7-11(13-12(10)16-8-9-17-13)18-14(19)20-15(2,3)4/h8-11H,5-7H2,1-4H3,(H,18,19)/t10-,11+/m1/s1. The van der Waals surface area contributed by atoms with E-state index in [1.54, 1.807) is 12.4 Å². The fourth-order valence-corrected chi connectivity index (χ4v) is 2.50. The molecular weight excluding hydrogens is 254 g/mol. The van der Waals surface area contributed by atoms with Crippen molar-refractivity contribution < 1.29 is 9.53 Å². The minimum absolute atomic E-state index is 0.113. The molecule has 0 saturated carbocycles. The van der Waals surface area contributed by atoms with E-state index in [-0.39, 0.29) is 6.04 Å². The van der Waals surface area contributed by atoms with Crippen LogP contribution in [0.2, 0.25) is 0 Å². The van der Waals surface area contributed by atoms with E-state index in [4.69, 9.17) is 4.74 Å². The smallest absolute Gasteiger partial charge is 0.408 e. The van der Waals surface area contributed by atoms with Gasteiger partial charge in [0.15, 0.2) is 0 Å². The minimum Gasteiger partial charge on any atom is -0.444 e. The summed E-state index contributed by atoms with van der Waals surface area (Å²) < 4.78 is 5.32. The summed E-state index contributed by atoms with van der Waals surface area (Å²) in [6, 6.07) is -0.113. The van der Waals surface area contributed by atoms with Crippen LogP contribution in [-0.2, 0) is 4.74 Å². The zero-order chi connectivity index (χ0) is 14.8. The molecule has 1 aromatic heterocycles. The second kappa shape index (κ2) is 5.77. The fraction of sp³-hybridized carbons (Fsp3) is 0.667. The predicted octanol–water partition coefficient (Wildman–Crippen LogP) is 3.33. The van der Waals surface area contributed by atoms with E-state index in [0.717, 1.165) is 30.7 Å². The van der Waals surface area contributed by atoms with Gasteiger partial charge in [-0.3, -0.25) is 9.97 Å². The van der Waals surface area contributed by atoms with Gasteiger partial charge in [-0.15, -0.1) is 0 Å². The van der Waals surface area contributed by atoms with Crippen LogP contribution >= 0.6 is 0 Å². The number of rotatable bonds is 1. The molecule has 1 aliphatic rings. The van der Waals surface area contributed by atoms with Crippen molar-refractivity contribution in [2.75, 3.05) is 0 Å². The van der Waals surface area contributed by atoms with Gasteiger partial charge in [0.2, 0.25) is 0 Å². The summed E-state index contributed by atoms with van der Waals surface area (Å²) in [4.78, 5) is 20.8. The highest BCUT2D eigenvalue weighted by Crippen LogP contribution is 2.32. The average molecular weight is 277 g/mol. The van der Waals surface area contributed by atoms with Crippen LogP contribution in [0, 0.1) is 0 Å². The van der Waals surface area contributed by atoms with Crippen LogP contribution < -0.4 is 5.32 Å². The number of aromatic nitrogens is 2. The van der Waals surface area contributed by atoms with Crippen molar-refractivity contribution in [3.8, 4) is 0 Å². The monoisotopic (exact) mass is 277 g/mol. The second-order valence-electron chi connectivity index (χ2n) is 6.36. The molecule has 0 fully saturated rings. The molecule has 0 aromatic carbocycles. The fourth-order valence-electron chi connectivity index (χ4n) is 2.50. The molecular formula is C15H23N3O2. The normalized spacial score (nSPS) is 22.6. The highest BCUT2D eigenvalue weighted by atomic mass is 16.6. The van der Waals surface area contributed by atoms with Gasteiger partial charge in [-0.25, -0.2) is 4.79 Å². The Morgan fingerprint density at radius 3 is 2.55 bits per heavy atom. The van der Waals surface area contributed by atoms with Crippen molar-refractivity contribution in [1.82, 2.24) is 15.3 Å². The molecule has 1 aliphatic carbocycles. The molecule has 20 heavy (non-hydrogen) atoms. The Morgan fingerprint density at radius 2 is 1.90 bits per heavy atom. The lowest BCUT2D eigenvalue weighted by Crippen LogP contribution is -2.35. The van der Waals surface area contributed by atoms with Gasteiger partial charge in [0, 0.05) is 18.3 Å². The van der Waals surface area contributed by atoms with Gasteiger partial charge in [0.1, 0.15) is 5.60 Å². The number of alkyl carbamates (subject to hydrolysis) is 1. The summed E-state index contributed by atoms with van der Waals surface area (Å²) >= 11 is 0. The van der Waals surface area contributed by atoms with E-state index in [2.05, 4.69) is 22.2 Å². The van der Waals surface area contributed by atoms with Crippen molar-refractivity contribution in [1.29, 1.82) is 0 Å². The Balaban J connectivity index is 2.16. The number of carbonyl (C=O) groups excluding carboxylic acids is 1. The van der Waals surface area contributed by atoms with Gasteiger partial charge >= 0.3 is 6.09 Å². The summed E-state index contributed by atoms with van der Waals surface area (Å²) in [6.45, 7) is 7.73. The Kier molecular flexibility index (Phi) is 4.26. The highest BCUT2D eigenvalue weighted by molar-refractivity contribution is 5.68. The maximum Gasteiger partial charge on any atom is 0.408 e. The van der Waals surface area contributed by atoms with Gasteiger partial charge < -0.3 is 10.1 Å². The molecule has 2 rings (SSSR count). The SMILES string of the molecule is C[C@@H]1CCC[C@H](NC(=O)OC(C)(C)C)c2nccnc21. The molecule has 0 saturated heterocycles. The maximum atomic E-state index is 11.9. The zero-order valence-corrected chi connectivity index (χ0v) is 12.6. The van der Waals surface area contributed by atoms with E-state index in [1.165, 1.54) is 0 Å². The molecule has 0 spiro atoms. The lowest BCUT2D eigenvalue weighted by Gasteiger charge is -2.23. The highest BCUT2D eigenvalue weighted by Gasteiger charge is 2.27. The van der Waals surface area contributed by atoms with Crippen molar-refractivity contribution in [2.24, 2.45) is 0 Å². The molecule has 1 aromatic rings. The second-order valence-corrected chi connectivity index (χ2v) is 6.36. The van der Waals surface area contributed by atoms with Gasteiger partial charge in [0.25, 0.3) is 0 Å². The Bertz CT molecular complexity index is 482. The molecule has 0 unspecified atom stereocenters. The Morgan fingerprint density at radius 1 is 1.25 bits per heavy atom. The third-order valence-corrected chi connectivity index (χ3v) is 3.37. The average Bonchev–Trinajstić information content (AvgIpc) is 2.49. The van der Waals surface area contributed by atoms with Crippen LogP contribution in [0.5, 0.6) is 0 Å². The van der Waals surface area contributed by atoms with E-state index in [9.17, 15) is 4.79 Å². The first-order valence-corrected chi connectivity index (χ1v) is 7.17. The molecule has 5 heteroatoms. The topological polar surface area (TPSA) is 64.1 Å². The zero-order valence-electron chi connectivity index (χ0n) is 12.6. The third kappa shape index (κ3) is 3.68. The lowest BCUT2D eigenvalue weighted by atomic mass is 10.0. The van der Waals surface area contributed by atoms with Crippen LogP contribution in [0.4, 0.5) is 4.79 Å². The quantitative estimate of drug-likeness (QED) is 0.800. The first-order chi connectivity index (χ1) is 9.37. The lowest BCUT2D eigenvalue weighted by molar-refractivity contribution is 0.0499. The number of ether oxygens (including phenoxy) is 1. The van der Waals surface area contributed by atoms with Gasteiger partial charge in [-0.1, -0.05) is 13.3 Å². The van der Waals surface area contributed by atoms with Crippen LogP contribution in [0.3, 0.4) is 0 Å². The Hall–Kier alpha value is -1.65. The summed E-state index contributed by atoms with van der Waals surface area (Å²) in [7, 11) is 0. The molecule has 110 valence electrons. The molecule has 0 bridgehead atoms. The van der Waals surface area contributed by atoms with Gasteiger partial charge in [0.05, 0.1) is 17.4 Å². The first-order valence-electron chi connectivity index (χ1n) is 7.17. The number of nitrogens with one attached hydrogen (secondary N) is 1. The van der Waals surface area contributed by atoms with E-state index in [0.29, 0.717) is 5.92 Å². The van der Waals surface area contributed by atoms with Crippen LogP contribution in [-0.4, -0.2) is 21.7 Å². The maximum absolute atomic E-state index is 11.9. The minimum atomic E-state index is -0.493. The van der Waals surface area contributed by atoms with Gasteiger partial charge in [-0.2, -0.15) is 0 Å². The molecule has 1 amide bonds. The predicted molar refractivity (Wildman–Crippen MR) is 76.4 cm³/mol. The van der Waals surface area contributed by atoms with Crippen molar-refractivity contribution in [2.45, 2.75) is 64.5 Å². The molecule has 5 nitrogen and oxygen atoms in total. The molecule has 1 heterocycles. The number of nitrogens with zero attached hydrogens (tertiary/aromatic N) is 2. The number of hydrogen-bond donors (Lipinski definition) is 1. The molecule has 2 atom stereocenters. The Labute approximate surface area is 120 Å². The summed E-state index contributed by atoms with van der Waals surface area (Å²) in [5.74, 6) is 0.379. The van der Waals surface area contributed by atoms with Crippen molar-refractivity contribution in [3.05, 3.63) is 23.8 Å². The summed E-state index contributed by atoms with van der Waals surface area (Å²) in [5.41, 5.74) is 1.38. The number of amides is 1. The molecule has 0 aliphatic heterocycles. The molecule has 0 radical (unpaired) electrons. The van der Waals surface area contributed by atoms with Crippen LogP contribution in [0.25, 0.3) is 0 Å². The van der Waals surface area contributed by atoms with Gasteiger partial charge in [-0.05, 0) is 33.6 Å². The molecule has 1 N–H and O–H groups in total. The summed E-state index contributed by atoms with van der Waals surface area (Å²) in [5, 5.41) is 2.93. The van der Waals surface area contributed by atoms with Crippen molar-refractivity contribution in [3.63, 3.8) is 0 Å².